The van der Waals surface area contributed by atoms with Crippen molar-refractivity contribution in [3.8, 4) is 5.75 Å². The van der Waals surface area contributed by atoms with E-state index in [0.717, 1.165) is 5.75 Å². The first-order valence-corrected chi connectivity index (χ1v) is 6.60. The molecule has 0 aliphatic rings. The molecule has 0 aliphatic heterocycles. The van der Waals surface area contributed by atoms with Gasteiger partial charge in [-0.25, -0.2) is 0 Å². The maximum atomic E-state index is 11.7. The van der Waals surface area contributed by atoms with Crippen molar-refractivity contribution in [3.05, 3.63) is 30.3 Å². The molecule has 1 aromatic carbocycles. The van der Waals surface area contributed by atoms with Crippen LogP contribution in [0.4, 0.5) is 0 Å². The molecule has 5 nitrogen and oxygen atoms in total. The van der Waals surface area contributed by atoms with E-state index in [9.17, 15) is 9.59 Å². The van der Waals surface area contributed by atoms with Crippen molar-refractivity contribution in [1.82, 2.24) is 5.32 Å². The van der Waals surface area contributed by atoms with E-state index in [4.69, 9.17) is 9.84 Å². The van der Waals surface area contributed by atoms with Crippen LogP contribution >= 0.6 is 0 Å². The standard InChI is InChI=1S/C15H21NO4/c1-15(2,11-14(18)19)16-13(17)9-6-10-20-12-7-4-3-5-8-12/h3-5,7-8H,6,9-11H2,1-2H3,(H,16,17)(H,18,19). The van der Waals surface area contributed by atoms with E-state index in [1.807, 2.05) is 30.3 Å². The third-order valence-electron chi connectivity index (χ3n) is 2.63. The van der Waals surface area contributed by atoms with Gasteiger partial charge in [0.2, 0.25) is 5.91 Å². The molecule has 0 aliphatic carbocycles. The van der Waals surface area contributed by atoms with Gasteiger partial charge >= 0.3 is 5.97 Å². The summed E-state index contributed by atoms with van der Waals surface area (Å²) < 4.78 is 5.48. The van der Waals surface area contributed by atoms with Crippen molar-refractivity contribution in [1.29, 1.82) is 0 Å². The van der Waals surface area contributed by atoms with E-state index in [1.54, 1.807) is 13.8 Å². The minimum Gasteiger partial charge on any atom is -0.494 e. The van der Waals surface area contributed by atoms with Crippen LogP contribution in [0.5, 0.6) is 5.75 Å². The number of hydrogen-bond donors (Lipinski definition) is 2. The van der Waals surface area contributed by atoms with Gasteiger partial charge in [0.15, 0.2) is 0 Å². The molecule has 0 saturated heterocycles. The Balaban J connectivity index is 2.22. The summed E-state index contributed by atoms with van der Waals surface area (Å²) in [5.41, 5.74) is -0.733. The van der Waals surface area contributed by atoms with Crippen molar-refractivity contribution in [3.63, 3.8) is 0 Å². The number of carbonyl (C=O) groups is 2. The van der Waals surface area contributed by atoms with E-state index < -0.39 is 11.5 Å². The Labute approximate surface area is 118 Å². The summed E-state index contributed by atoms with van der Waals surface area (Å²) in [6.45, 7) is 3.84. The summed E-state index contributed by atoms with van der Waals surface area (Å²) >= 11 is 0. The zero-order valence-corrected chi connectivity index (χ0v) is 11.9. The fraction of sp³-hybridized carbons (Fsp3) is 0.467. The second kappa shape index (κ2) is 7.53. The lowest BCUT2D eigenvalue weighted by Crippen LogP contribution is -2.44. The van der Waals surface area contributed by atoms with Crippen LogP contribution in [0.25, 0.3) is 0 Å². The Kier molecular flexibility index (Phi) is 6.03. The van der Waals surface area contributed by atoms with Gasteiger partial charge in [-0.2, -0.15) is 0 Å². The van der Waals surface area contributed by atoms with Gasteiger partial charge in [0.25, 0.3) is 0 Å². The van der Waals surface area contributed by atoms with E-state index in [0.29, 0.717) is 19.4 Å². The largest absolute Gasteiger partial charge is 0.494 e. The van der Waals surface area contributed by atoms with Crippen LogP contribution in [0.1, 0.15) is 33.1 Å². The molecule has 110 valence electrons. The summed E-state index contributed by atoms with van der Waals surface area (Å²) in [4.78, 5) is 22.3. The Morgan fingerprint density at radius 1 is 1.25 bits per heavy atom. The topological polar surface area (TPSA) is 75.6 Å². The first-order chi connectivity index (χ1) is 9.39. The zero-order chi connectivity index (χ0) is 15.0. The first kappa shape index (κ1) is 16.0. The number of hydrogen-bond acceptors (Lipinski definition) is 3. The highest BCUT2D eigenvalue weighted by Gasteiger charge is 2.23. The summed E-state index contributed by atoms with van der Waals surface area (Å²) in [6, 6.07) is 9.39. The molecule has 0 aromatic heterocycles. The van der Waals surface area contributed by atoms with Crippen LogP contribution in [0.15, 0.2) is 30.3 Å². The number of ether oxygens (including phenoxy) is 1. The van der Waals surface area contributed by atoms with Gasteiger partial charge in [0.05, 0.1) is 13.0 Å². The van der Waals surface area contributed by atoms with Crippen molar-refractivity contribution in [2.45, 2.75) is 38.6 Å². The number of carbonyl (C=O) groups excluding carboxylic acids is 1. The highest BCUT2D eigenvalue weighted by molar-refractivity contribution is 5.78. The second-order valence-electron chi connectivity index (χ2n) is 5.27. The minimum absolute atomic E-state index is 0.0980. The Morgan fingerprint density at radius 3 is 2.50 bits per heavy atom. The number of aliphatic carboxylic acids is 1. The highest BCUT2D eigenvalue weighted by atomic mass is 16.5. The van der Waals surface area contributed by atoms with E-state index in [2.05, 4.69) is 5.32 Å². The van der Waals surface area contributed by atoms with Crippen molar-refractivity contribution in [2.24, 2.45) is 0 Å². The maximum absolute atomic E-state index is 11.7. The smallest absolute Gasteiger partial charge is 0.305 e. The monoisotopic (exact) mass is 279 g/mol. The van der Waals surface area contributed by atoms with Gasteiger partial charge in [-0.3, -0.25) is 9.59 Å². The van der Waals surface area contributed by atoms with Crippen LogP contribution in [0, 0.1) is 0 Å². The van der Waals surface area contributed by atoms with Gasteiger partial charge in [-0.05, 0) is 32.4 Å². The molecule has 0 fully saturated rings. The van der Waals surface area contributed by atoms with Crippen LogP contribution < -0.4 is 10.1 Å². The zero-order valence-electron chi connectivity index (χ0n) is 11.9. The van der Waals surface area contributed by atoms with E-state index in [1.165, 1.54) is 0 Å². The van der Waals surface area contributed by atoms with Crippen molar-refractivity contribution < 1.29 is 19.4 Å². The van der Waals surface area contributed by atoms with Crippen molar-refractivity contribution >= 4 is 11.9 Å². The lowest BCUT2D eigenvalue weighted by atomic mass is 10.0. The third kappa shape index (κ3) is 6.78. The predicted molar refractivity (Wildman–Crippen MR) is 75.6 cm³/mol. The molecule has 0 atom stereocenters. The van der Waals surface area contributed by atoms with Crippen molar-refractivity contribution in [2.75, 3.05) is 6.61 Å². The average Bonchev–Trinajstić information content (AvgIpc) is 2.33. The molecule has 2 N–H and O–H groups in total. The molecule has 1 aromatic rings. The average molecular weight is 279 g/mol. The molecule has 1 rings (SSSR count). The first-order valence-electron chi connectivity index (χ1n) is 6.60. The lowest BCUT2D eigenvalue weighted by Gasteiger charge is -2.24. The minimum atomic E-state index is -0.928. The molecule has 1 amide bonds. The van der Waals surface area contributed by atoms with Gasteiger partial charge in [0, 0.05) is 12.0 Å². The normalized spacial score (nSPS) is 10.9. The van der Waals surface area contributed by atoms with Gasteiger partial charge in [0.1, 0.15) is 5.75 Å². The molecule has 0 unspecified atom stereocenters. The molecule has 0 radical (unpaired) electrons. The number of rotatable bonds is 8. The number of para-hydroxylation sites is 1. The van der Waals surface area contributed by atoms with Crippen LogP contribution in [-0.4, -0.2) is 29.1 Å². The molecule has 20 heavy (non-hydrogen) atoms. The number of nitrogens with one attached hydrogen (secondary N) is 1. The number of carboxylic acids is 1. The Morgan fingerprint density at radius 2 is 1.90 bits per heavy atom. The highest BCUT2D eigenvalue weighted by Crippen LogP contribution is 2.10. The van der Waals surface area contributed by atoms with Gasteiger partial charge < -0.3 is 15.2 Å². The van der Waals surface area contributed by atoms with Gasteiger partial charge in [-0.1, -0.05) is 18.2 Å². The number of amides is 1. The Bertz CT molecular complexity index is 442. The Hall–Kier alpha value is -2.04. The van der Waals surface area contributed by atoms with E-state index >= 15 is 0 Å². The number of benzene rings is 1. The SMILES string of the molecule is CC(C)(CC(=O)O)NC(=O)CCCOc1ccccc1. The fourth-order valence-corrected chi connectivity index (χ4v) is 1.80. The maximum Gasteiger partial charge on any atom is 0.305 e. The molecule has 0 saturated carbocycles. The summed E-state index contributed by atoms with van der Waals surface area (Å²) in [6.07, 6.45) is 0.805. The van der Waals surface area contributed by atoms with Crippen LogP contribution in [0.2, 0.25) is 0 Å². The predicted octanol–water partition coefficient (Wildman–Crippen LogP) is 2.22. The molecule has 0 heterocycles. The third-order valence-corrected chi connectivity index (χ3v) is 2.63. The van der Waals surface area contributed by atoms with Crippen LogP contribution in [0.3, 0.4) is 0 Å². The molecular weight excluding hydrogens is 258 g/mol. The summed E-state index contributed by atoms with van der Waals surface area (Å²) in [5.74, 6) is -0.310. The second-order valence-corrected chi connectivity index (χ2v) is 5.27. The molecular formula is C15H21NO4. The summed E-state index contributed by atoms with van der Waals surface area (Å²) in [7, 11) is 0. The van der Waals surface area contributed by atoms with Crippen LogP contribution in [-0.2, 0) is 9.59 Å². The quantitative estimate of drug-likeness (QED) is 0.715. The fourth-order valence-electron chi connectivity index (χ4n) is 1.80. The molecule has 0 spiro atoms. The molecule has 5 heteroatoms. The molecule has 0 bridgehead atoms. The lowest BCUT2D eigenvalue weighted by molar-refractivity contribution is -0.138. The van der Waals surface area contributed by atoms with Gasteiger partial charge in [-0.15, -0.1) is 0 Å². The summed E-state index contributed by atoms with van der Waals surface area (Å²) in [5, 5.41) is 11.4. The van der Waals surface area contributed by atoms with E-state index in [-0.39, 0.29) is 12.3 Å². The number of carboxylic acid groups (broad SMARTS) is 1.